The number of ether oxygens (including phenoxy) is 2. The highest BCUT2D eigenvalue weighted by atomic mass is 127. The van der Waals surface area contributed by atoms with Crippen LogP contribution >= 0.6 is 22.6 Å². The third-order valence-electron chi connectivity index (χ3n) is 3.70. The first-order chi connectivity index (χ1) is 13.9. The molecule has 0 aromatic heterocycles. The number of carbonyl (C=O) groups is 2. The Morgan fingerprint density at radius 2 is 1.86 bits per heavy atom. The van der Waals surface area contributed by atoms with E-state index in [2.05, 4.69) is 15.8 Å². The summed E-state index contributed by atoms with van der Waals surface area (Å²) in [6.45, 7) is 2.47. The third kappa shape index (κ3) is 7.26. The number of nitrogens with zero attached hydrogens (tertiary/aromatic N) is 1. The molecular formula is C20H22IN3O5. The minimum Gasteiger partial charge on any atom is -0.504 e. The van der Waals surface area contributed by atoms with Gasteiger partial charge in [0.1, 0.15) is 5.75 Å². The second-order valence-corrected chi connectivity index (χ2v) is 7.01. The third-order valence-corrected chi connectivity index (χ3v) is 4.52. The summed E-state index contributed by atoms with van der Waals surface area (Å²) in [5, 5.41) is 16.4. The van der Waals surface area contributed by atoms with Crippen molar-refractivity contribution in [2.75, 3.05) is 19.0 Å². The Hall–Kier alpha value is -2.82. The number of amides is 2. The molecular weight excluding hydrogens is 489 g/mol. The minimum absolute atomic E-state index is 0.00334. The molecule has 0 bridgehead atoms. The maximum atomic E-state index is 12.0. The summed E-state index contributed by atoms with van der Waals surface area (Å²) in [6, 6.07) is 10.3. The van der Waals surface area contributed by atoms with Crippen LogP contribution in [0.15, 0.2) is 41.5 Å². The molecule has 0 saturated carbocycles. The normalized spacial score (nSPS) is 10.6. The number of rotatable bonds is 9. The summed E-state index contributed by atoms with van der Waals surface area (Å²) in [5.74, 6) is 0.432. The first kappa shape index (κ1) is 22.5. The van der Waals surface area contributed by atoms with Crippen LogP contribution in [0.5, 0.6) is 17.2 Å². The molecule has 0 aliphatic rings. The average Bonchev–Trinajstić information content (AvgIpc) is 2.70. The number of hydrazone groups is 1. The molecule has 0 fully saturated rings. The molecule has 0 unspecified atom stereocenters. The van der Waals surface area contributed by atoms with E-state index in [1.807, 2.05) is 29.5 Å². The van der Waals surface area contributed by atoms with Crippen LogP contribution in [-0.4, -0.2) is 36.9 Å². The Morgan fingerprint density at radius 1 is 1.17 bits per heavy atom. The standard InChI is InChI=1S/C20H22IN3O5/c1-3-29-15-6-4-14(5-7-15)23-18(25)8-9-19(26)24-22-12-13-10-16(21)20(27)17(11-13)28-2/h4-7,10-12,27H,3,8-9H2,1-2H3,(H,23,25)(H,24,26)/b22-12+. The summed E-state index contributed by atoms with van der Waals surface area (Å²) in [7, 11) is 1.45. The highest BCUT2D eigenvalue weighted by Crippen LogP contribution is 2.31. The van der Waals surface area contributed by atoms with Gasteiger partial charge in [-0.25, -0.2) is 5.43 Å². The van der Waals surface area contributed by atoms with E-state index in [0.29, 0.717) is 27.2 Å². The van der Waals surface area contributed by atoms with Crippen LogP contribution in [0.4, 0.5) is 5.69 Å². The Morgan fingerprint density at radius 3 is 2.52 bits per heavy atom. The number of halogens is 1. The van der Waals surface area contributed by atoms with Gasteiger partial charge in [-0.05, 0) is 71.5 Å². The van der Waals surface area contributed by atoms with Crippen LogP contribution in [0.25, 0.3) is 0 Å². The highest BCUT2D eigenvalue weighted by molar-refractivity contribution is 14.1. The molecule has 2 aromatic rings. The van der Waals surface area contributed by atoms with Gasteiger partial charge in [0.05, 0.1) is 23.5 Å². The number of aromatic hydroxyl groups is 1. The van der Waals surface area contributed by atoms with Crippen molar-refractivity contribution in [3.63, 3.8) is 0 Å². The summed E-state index contributed by atoms with van der Waals surface area (Å²) in [5.41, 5.74) is 3.65. The van der Waals surface area contributed by atoms with Gasteiger partial charge in [0, 0.05) is 18.5 Å². The van der Waals surface area contributed by atoms with E-state index in [1.165, 1.54) is 13.3 Å². The molecule has 0 heterocycles. The minimum atomic E-state index is -0.386. The van der Waals surface area contributed by atoms with Crippen molar-refractivity contribution in [1.82, 2.24) is 5.43 Å². The van der Waals surface area contributed by atoms with Crippen molar-refractivity contribution >= 4 is 46.3 Å². The second kappa shape index (κ2) is 11.2. The summed E-state index contributed by atoms with van der Waals surface area (Å²) in [6.07, 6.45) is 1.46. The Kier molecular flexibility index (Phi) is 8.71. The van der Waals surface area contributed by atoms with Gasteiger partial charge >= 0.3 is 0 Å². The number of phenolic OH excluding ortho intramolecular Hbond substituents is 1. The number of benzene rings is 2. The number of methoxy groups -OCH3 is 1. The number of anilines is 1. The van der Waals surface area contributed by atoms with Crippen molar-refractivity contribution < 1.29 is 24.2 Å². The quantitative estimate of drug-likeness (QED) is 0.272. The van der Waals surface area contributed by atoms with Crippen LogP contribution < -0.4 is 20.2 Å². The molecule has 0 radical (unpaired) electrons. The van der Waals surface area contributed by atoms with Gasteiger partial charge in [-0.3, -0.25) is 9.59 Å². The predicted molar refractivity (Wildman–Crippen MR) is 119 cm³/mol. The number of hydrogen-bond acceptors (Lipinski definition) is 6. The molecule has 0 atom stereocenters. The predicted octanol–water partition coefficient (Wildman–Crippen LogP) is 3.27. The largest absolute Gasteiger partial charge is 0.504 e. The zero-order valence-electron chi connectivity index (χ0n) is 16.1. The van der Waals surface area contributed by atoms with E-state index in [9.17, 15) is 14.7 Å². The Bertz CT molecular complexity index is 884. The van der Waals surface area contributed by atoms with Gasteiger partial charge in [-0.1, -0.05) is 0 Å². The first-order valence-electron chi connectivity index (χ1n) is 8.84. The molecule has 2 amide bonds. The van der Waals surface area contributed by atoms with Gasteiger partial charge in [-0.2, -0.15) is 5.10 Å². The summed E-state index contributed by atoms with van der Waals surface area (Å²) < 4.78 is 11.0. The van der Waals surface area contributed by atoms with Gasteiger partial charge in [0.15, 0.2) is 11.5 Å². The van der Waals surface area contributed by atoms with Crippen LogP contribution in [0.2, 0.25) is 0 Å². The van der Waals surface area contributed by atoms with E-state index >= 15 is 0 Å². The van der Waals surface area contributed by atoms with E-state index in [-0.39, 0.29) is 30.4 Å². The zero-order valence-corrected chi connectivity index (χ0v) is 18.2. The number of hydrogen-bond donors (Lipinski definition) is 3. The van der Waals surface area contributed by atoms with E-state index in [4.69, 9.17) is 9.47 Å². The topological polar surface area (TPSA) is 109 Å². The maximum Gasteiger partial charge on any atom is 0.240 e. The first-order valence-corrected chi connectivity index (χ1v) is 9.92. The highest BCUT2D eigenvalue weighted by Gasteiger charge is 2.09. The Labute approximate surface area is 182 Å². The lowest BCUT2D eigenvalue weighted by molar-refractivity contribution is -0.124. The fraction of sp³-hybridized carbons (Fsp3) is 0.250. The van der Waals surface area contributed by atoms with Crippen LogP contribution in [0.3, 0.4) is 0 Å². The van der Waals surface area contributed by atoms with Gasteiger partial charge < -0.3 is 19.9 Å². The lowest BCUT2D eigenvalue weighted by Gasteiger charge is -2.07. The maximum absolute atomic E-state index is 12.0. The molecule has 9 heteroatoms. The van der Waals surface area contributed by atoms with E-state index < -0.39 is 0 Å². The molecule has 2 aromatic carbocycles. The SMILES string of the molecule is CCOc1ccc(NC(=O)CCC(=O)N/N=C/c2cc(I)c(O)c(OC)c2)cc1. The molecule has 0 spiro atoms. The molecule has 0 aliphatic heterocycles. The fourth-order valence-electron chi connectivity index (χ4n) is 2.31. The summed E-state index contributed by atoms with van der Waals surface area (Å²) in [4.78, 5) is 23.8. The summed E-state index contributed by atoms with van der Waals surface area (Å²) >= 11 is 1.97. The molecule has 8 nitrogen and oxygen atoms in total. The smallest absolute Gasteiger partial charge is 0.240 e. The molecule has 3 N–H and O–H groups in total. The monoisotopic (exact) mass is 511 g/mol. The van der Waals surface area contributed by atoms with Crippen molar-refractivity contribution in [3.05, 3.63) is 45.5 Å². The second-order valence-electron chi connectivity index (χ2n) is 5.85. The molecule has 154 valence electrons. The van der Waals surface area contributed by atoms with Crippen LogP contribution in [-0.2, 0) is 9.59 Å². The van der Waals surface area contributed by atoms with Crippen molar-refractivity contribution in [2.45, 2.75) is 19.8 Å². The van der Waals surface area contributed by atoms with Gasteiger partial charge in [-0.15, -0.1) is 0 Å². The van der Waals surface area contributed by atoms with Crippen molar-refractivity contribution in [2.24, 2.45) is 5.10 Å². The molecule has 0 aliphatic carbocycles. The number of phenols is 1. The Balaban J connectivity index is 1.78. The van der Waals surface area contributed by atoms with Crippen molar-refractivity contribution in [1.29, 1.82) is 0 Å². The lowest BCUT2D eigenvalue weighted by Crippen LogP contribution is -2.20. The van der Waals surface area contributed by atoms with Crippen molar-refractivity contribution in [3.8, 4) is 17.2 Å². The fourth-order valence-corrected chi connectivity index (χ4v) is 2.94. The lowest BCUT2D eigenvalue weighted by atomic mass is 10.2. The van der Waals surface area contributed by atoms with E-state index in [1.54, 1.807) is 36.4 Å². The molecule has 29 heavy (non-hydrogen) atoms. The molecule has 2 rings (SSSR count). The van der Waals surface area contributed by atoms with Gasteiger partial charge in [0.2, 0.25) is 11.8 Å². The van der Waals surface area contributed by atoms with E-state index in [0.717, 1.165) is 5.75 Å². The van der Waals surface area contributed by atoms with Crippen LogP contribution in [0.1, 0.15) is 25.3 Å². The number of carbonyl (C=O) groups excluding carboxylic acids is 2. The zero-order chi connectivity index (χ0) is 21.2. The van der Waals surface area contributed by atoms with Gasteiger partial charge in [0.25, 0.3) is 0 Å². The van der Waals surface area contributed by atoms with Crippen LogP contribution in [0, 0.1) is 3.57 Å². The molecule has 0 saturated heterocycles. The number of nitrogens with one attached hydrogen (secondary N) is 2. The average molecular weight is 511 g/mol.